The molecular weight excluding hydrogens is 396 g/mol. The summed E-state index contributed by atoms with van der Waals surface area (Å²) in [4.78, 5) is 19.5. The first-order valence-electron chi connectivity index (χ1n) is 5.83. The third-order valence-electron chi connectivity index (χ3n) is 2.61. The fourth-order valence-corrected chi connectivity index (χ4v) is 3.23. The Balaban J connectivity index is 2.35. The van der Waals surface area contributed by atoms with E-state index >= 15 is 0 Å². The molecule has 9 nitrogen and oxygen atoms in total. The van der Waals surface area contributed by atoms with Gasteiger partial charge in [0.05, 0.1) is 9.85 Å². The maximum Gasteiger partial charge on any atom is 0.339 e. The number of nitro benzene ring substituents is 2. The van der Waals surface area contributed by atoms with Crippen LogP contribution >= 0.6 is 15.9 Å². The minimum atomic E-state index is -4.33. The molecule has 0 saturated heterocycles. The Bertz CT molecular complexity index is 881. The Kier molecular flexibility index (Phi) is 4.61. The first-order valence-corrected chi connectivity index (χ1v) is 8.03. The van der Waals surface area contributed by atoms with E-state index < -0.39 is 30.5 Å². The number of nitro groups is 2. The third-order valence-corrected chi connectivity index (χ3v) is 4.29. The molecule has 0 aliphatic rings. The van der Waals surface area contributed by atoms with Crippen molar-refractivity contribution in [2.45, 2.75) is 4.90 Å². The molecule has 0 N–H and O–H groups in total. The molecule has 120 valence electrons. The van der Waals surface area contributed by atoms with Gasteiger partial charge in [0.1, 0.15) is 10.6 Å². The van der Waals surface area contributed by atoms with Gasteiger partial charge < -0.3 is 4.18 Å². The molecule has 2 aromatic rings. The molecule has 0 aliphatic heterocycles. The van der Waals surface area contributed by atoms with Crippen LogP contribution in [0.4, 0.5) is 11.4 Å². The van der Waals surface area contributed by atoms with Gasteiger partial charge in [-0.15, -0.1) is 0 Å². The van der Waals surface area contributed by atoms with E-state index in [2.05, 4.69) is 15.9 Å². The average Bonchev–Trinajstić information content (AvgIpc) is 2.46. The number of non-ortho nitro benzene ring substituents is 2. The average molecular weight is 403 g/mol. The van der Waals surface area contributed by atoms with Gasteiger partial charge in [0.15, 0.2) is 0 Å². The lowest BCUT2D eigenvalue weighted by Gasteiger charge is -2.07. The van der Waals surface area contributed by atoms with E-state index in [4.69, 9.17) is 4.18 Å². The van der Waals surface area contributed by atoms with Gasteiger partial charge in [-0.05, 0) is 18.2 Å². The van der Waals surface area contributed by atoms with Crippen LogP contribution in [0.25, 0.3) is 0 Å². The van der Waals surface area contributed by atoms with Crippen LogP contribution in [-0.2, 0) is 10.1 Å². The standard InChI is InChI=1S/C12H7BrN2O7S/c13-8-5-10(15(18)19)7-12(6-8)23(20,21)22-11-3-1-9(2-4-11)14(16)17/h1-7H. The van der Waals surface area contributed by atoms with Crippen LogP contribution in [0.3, 0.4) is 0 Å². The van der Waals surface area contributed by atoms with Gasteiger partial charge in [-0.2, -0.15) is 8.42 Å². The van der Waals surface area contributed by atoms with Crippen molar-refractivity contribution in [3.8, 4) is 5.75 Å². The third kappa shape index (κ3) is 4.02. The molecule has 0 bridgehead atoms. The van der Waals surface area contributed by atoms with Crippen LogP contribution in [0, 0.1) is 20.2 Å². The van der Waals surface area contributed by atoms with Crippen molar-refractivity contribution in [1.82, 2.24) is 0 Å². The van der Waals surface area contributed by atoms with E-state index in [0.717, 1.165) is 42.5 Å². The van der Waals surface area contributed by atoms with E-state index in [-0.39, 0.29) is 15.9 Å². The summed E-state index contributed by atoms with van der Waals surface area (Å²) in [5.74, 6) is -0.154. The number of hydrogen-bond acceptors (Lipinski definition) is 7. The quantitative estimate of drug-likeness (QED) is 0.426. The Hall–Kier alpha value is -2.53. The van der Waals surface area contributed by atoms with E-state index in [9.17, 15) is 28.6 Å². The summed E-state index contributed by atoms with van der Waals surface area (Å²) in [6.07, 6.45) is 0. The highest BCUT2D eigenvalue weighted by atomic mass is 79.9. The largest absolute Gasteiger partial charge is 0.379 e. The molecule has 0 amide bonds. The van der Waals surface area contributed by atoms with Gasteiger partial charge in [0, 0.05) is 28.7 Å². The van der Waals surface area contributed by atoms with Crippen molar-refractivity contribution in [1.29, 1.82) is 0 Å². The molecule has 0 unspecified atom stereocenters. The molecule has 0 atom stereocenters. The highest BCUT2D eigenvalue weighted by Gasteiger charge is 2.21. The van der Waals surface area contributed by atoms with Crippen molar-refractivity contribution < 1.29 is 22.4 Å². The first-order chi connectivity index (χ1) is 10.7. The number of rotatable bonds is 5. The Morgan fingerprint density at radius 2 is 1.48 bits per heavy atom. The zero-order valence-electron chi connectivity index (χ0n) is 11.1. The summed E-state index contributed by atoms with van der Waals surface area (Å²) < 4.78 is 29.3. The molecule has 2 aromatic carbocycles. The highest BCUT2D eigenvalue weighted by molar-refractivity contribution is 9.10. The Labute approximate surface area is 138 Å². The molecule has 0 aliphatic carbocycles. The van der Waals surface area contributed by atoms with Crippen molar-refractivity contribution in [2.24, 2.45) is 0 Å². The van der Waals surface area contributed by atoms with Crippen molar-refractivity contribution in [2.75, 3.05) is 0 Å². The van der Waals surface area contributed by atoms with E-state index in [1.807, 2.05) is 0 Å². The van der Waals surface area contributed by atoms with Gasteiger partial charge in [0.25, 0.3) is 11.4 Å². The lowest BCUT2D eigenvalue weighted by atomic mass is 10.3. The van der Waals surface area contributed by atoms with Crippen LogP contribution in [0.5, 0.6) is 5.75 Å². The topological polar surface area (TPSA) is 130 Å². The van der Waals surface area contributed by atoms with Gasteiger partial charge in [0.2, 0.25) is 0 Å². The van der Waals surface area contributed by atoms with E-state index in [0.29, 0.717) is 0 Å². The predicted molar refractivity (Wildman–Crippen MR) is 81.7 cm³/mol. The molecule has 2 rings (SSSR count). The zero-order valence-corrected chi connectivity index (χ0v) is 13.5. The van der Waals surface area contributed by atoms with Crippen LogP contribution < -0.4 is 4.18 Å². The second kappa shape index (κ2) is 6.30. The molecule has 0 saturated carbocycles. The summed E-state index contributed by atoms with van der Waals surface area (Å²) in [6, 6.07) is 7.52. The lowest BCUT2D eigenvalue weighted by molar-refractivity contribution is -0.385. The second-order valence-corrected chi connectivity index (χ2v) is 6.65. The van der Waals surface area contributed by atoms with Crippen molar-refractivity contribution >= 4 is 37.4 Å². The minimum Gasteiger partial charge on any atom is -0.379 e. The van der Waals surface area contributed by atoms with Crippen molar-refractivity contribution in [3.05, 3.63) is 67.2 Å². The second-order valence-electron chi connectivity index (χ2n) is 4.19. The van der Waals surface area contributed by atoms with E-state index in [1.54, 1.807) is 0 Å². The summed E-state index contributed by atoms with van der Waals surface area (Å²) in [6.45, 7) is 0. The highest BCUT2D eigenvalue weighted by Crippen LogP contribution is 2.27. The molecule has 23 heavy (non-hydrogen) atoms. The Morgan fingerprint density at radius 3 is 2.00 bits per heavy atom. The zero-order chi connectivity index (χ0) is 17.2. The normalized spacial score (nSPS) is 11.0. The molecule has 0 aromatic heterocycles. The fourth-order valence-electron chi connectivity index (χ4n) is 1.60. The van der Waals surface area contributed by atoms with Crippen molar-refractivity contribution in [3.63, 3.8) is 0 Å². The SMILES string of the molecule is O=[N+]([O-])c1ccc(OS(=O)(=O)c2cc(Br)cc([N+](=O)[O-])c2)cc1. The molecule has 0 radical (unpaired) electrons. The molecule has 0 fully saturated rings. The summed E-state index contributed by atoms with van der Waals surface area (Å²) in [7, 11) is -4.33. The molecule has 0 spiro atoms. The summed E-state index contributed by atoms with van der Waals surface area (Å²) in [5, 5.41) is 21.3. The van der Waals surface area contributed by atoms with Gasteiger partial charge in [-0.1, -0.05) is 15.9 Å². The number of nitrogens with zero attached hydrogens (tertiary/aromatic N) is 2. The maximum absolute atomic E-state index is 12.1. The monoisotopic (exact) mass is 402 g/mol. The van der Waals surface area contributed by atoms with Crippen LogP contribution in [-0.4, -0.2) is 18.3 Å². The Morgan fingerprint density at radius 1 is 0.913 bits per heavy atom. The fraction of sp³-hybridized carbons (Fsp3) is 0. The number of halogens is 1. The van der Waals surface area contributed by atoms with Crippen LogP contribution in [0.2, 0.25) is 0 Å². The van der Waals surface area contributed by atoms with Gasteiger partial charge >= 0.3 is 10.1 Å². The maximum atomic E-state index is 12.1. The predicted octanol–water partition coefficient (Wildman–Crippen LogP) is 3.03. The minimum absolute atomic E-state index is 0.154. The molecule has 11 heteroatoms. The van der Waals surface area contributed by atoms with Gasteiger partial charge in [-0.25, -0.2) is 0 Å². The van der Waals surface area contributed by atoms with E-state index in [1.165, 1.54) is 0 Å². The first kappa shape index (κ1) is 16.8. The summed E-state index contributed by atoms with van der Waals surface area (Å²) in [5.41, 5.74) is -0.655. The number of hydrogen-bond donors (Lipinski definition) is 0. The van der Waals surface area contributed by atoms with Crippen LogP contribution in [0.1, 0.15) is 0 Å². The number of benzene rings is 2. The van der Waals surface area contributed by atoms with Crippen LogP contribution in [0.15, 0.2) is 51.8 Å². The van der Waals surface area contributed by atoms with Gasteiger partial charge in [-0.3, -0.25) is 20.2 Å². The summed E-state index contributed by atoms with van der Waals surface area (Å²) >= 11 is 2.99. The lowest BCUT2D eigenvalue weighted by Crippen LogP contribution is -2.10. The smallest absolute Gasteiger partial charge is 0.339 e. The molecule has 0 heterocycles. The molecular formula is C12H7BrN2O7S.